The van der Waals surface area contributed by atoms with E-state index in [1.54, 1.807) is 13.3 Å². The summed E-state index contributed by atoms with van der Waals surface area (Å²) < 4.78 is 12.7. The number of hydrogen-bond donors (Lipinski definition) is 1. The molecule has 1 aliphatic rings. The lowest BCUT2D eigenvalue weighted by molar-refractivity contribution is 0.0770. The second-order valence-corrected chi connectivity index (χ2v) is 4.89. The number of nitrogens with one attached hydrogen (secondary N) is 1. The van der Waals surface area contributed by atoms with Crippen LogP contribution in [0.5, 0.6) is 5.75 Å². The molecule has 0 aliphatic carbocycles. The van der Waals surface area contributed by atoms with Gasteiger partial charge in [0.15, 0.2) is 0 Å². The van der Waals surface area contributed by atoms with Crippen LogP contribution in [0.4, 0.5) is 0 Å². The Labute approximate surface area is 118 Å². The summed E-state index contributed by atoms with van der Waals surface area (Å²) >= 11 is 0. The van der Waals surface area contributed by atoms with Crippen LogP contribution in [0.15, 0.2) is 36.7 Å². The molecule has 0 amide bonds. The minimum atomic E-state index is 0.377. The standard InChI is InChI=1S/C15H19N3O2/c1-19-15-4-3-12(9-13-11-20-8-6-16-13)10-14(15)18-7-2-5-17-18/h2-5,7,10,13,16H,6,8-9,11H2,1H3/t13-/m1/s1. The molecule has 5 nitrogen and oxygen atoms in total. The number of morpholine rings is 1. The smallest absolute Gasteiger partial charge is 0.144 e. The SMILES string of the molecule is COc1ccc(C[C@@H]2COCCN2)cc1-n1cccn1. The van der Waals surface area contributed by atoms with Gasteiger partial charge in [-0.3, -0.25) is 0 Å². The van der Waals surface area contributed by atoms with Gasteiger partial charge in [0.05, 0.1) is 20.3 Å². The summed E-state index contributed by atoms with van der Waals surface area (Å²) in [7, 11) is 1.68. The molecule has 106 valence electrons. The van der Waals surface area contributed by atoms with Gasteiger partial charge in [-0.1, -0.05) is 6.07 Å². The molecule has 20 heavy (non-hydrogen) atoms. The maximum absolute atomic E-state index is 5.50. The third-order valence-electron chi connectivity index (χ3n) is 3.48. The van der Waals surface area contributed by atoms with E-state index in [0.29, 0.717) is 6.04 Å². The number of nitrogens with zero attached hydrogens (tertiary/aromatic N) is 2. The fourth-order valence-electron chi connectivity index (χ4n) is 2.49. The van der Waals surface area contributed by atoms with Crippen LogP contribution < -0.4 is 10.1 Å². The summed E-state index contributed by atoms with van der Waals surface area (Å²) in [5, 5.41) is 7.75. The van der Waals surface area contributed by atoms with Crippen LogP contribution >= 0.6 is 0 Å². The predicted molar refractivity (Wildman–Crippen MR) is 76.4 cm³/mol. The van der Waals surface area contributed by atoms with Crippen LogP contribution in [-0.2, 0) is 11.2 Å². The van der Waals surface area contributed by atoms with Crippen LogP contribution in [0.1, 0.15) is 5.56 Å². The van der Waals surface area contributed by atoms with E-state index in [1.165, 1.54) is 5.56 Å². The van der Waals surface area contributed by atoms with Crippen molar-refractivity contribution in [1.82, 2.24) is 15.1 Å². The lowest BCUT2D eigenvalue weighted by atomic mass is 10.0. The molecule has 1 aromatic heterocycles. The van der Waals surface area contributed by atoms with Crippen molar-refractivity contribution in [1.29, 1.82) is 0 Å². The van der Waals surface area contributed by atoms with Gasteiger partial charge in [-0.25, -0.2) is 4.68 Å². The van der Waals surface area contributed by atoms with Gasteiger partial charge in [-0.15, -0.1) is 0 Å². The van der Waals surface area contributed by atoms with Crippen molar-refractivity contribution < 1.29 is 9.47 Å². The van der Waals surface area contributed by atoms with Gasteiger partial charge in [-0.05, 0) is 30.2 Å². The molecule has 1 atom stereocenters. The van der Waals surface area contributed by atoms with E-state index in [4.69, 9.17) is 9.47 Å². The molecular formula is C15H19N3O2. The van der Waals surface area contributed by atoms with Crippen LogP contribution in [0.2, 0.25) is 0 Å². The van der Waals surface area contributed by atoms with Gasteiger partial charge in [0, 0.05) is 25.0 Å². The highest BCUT2D eigenvalue weighted by Gasteiger charge is 2.15. The normalized spacial score (nSPS) is 18.9. The molecule has 0 bridgehead atoms. The maximum Gasteiger partial charge on any atom is 0.144 e. The first-order chi connectivity index (χ1) is 9.86. The number of hydrogen-bond acceptors (Lipinski definition) is 4. The Hall–Kier alpha value is -1.85. The van der Waals surface area contributed by atoms with Gasteiger partial charge in [0.1, 0.15) is 11.4 Å². The zero-order valence-electron chi connectivity index (χ0n) is 11.6. The summed E-state index contributed by atoms with van der Waals surface area (Å²) in [6.07, 6.45) is 4.63. The summed E-state index contributed by atoms with van der Waals surface area (Å²) in [6, 6.07) is 8.51. The Morgan fingerprint density at radius 3 is 3.15 bits per heavy atom. The first-order valence-electron chi connectivity index (χ1n) is 6.85. The average Bonchev–Trinajstić information content (AvgIpc) is 3.02. The minimum absolute atomic E-state index is 0.377. The molecule has 0 saturated carbocycles. The lowest BCUT2D eigenvalue weighted by Crippen LogP contribution is -2.42. The van der Waals surface area contributed by atoms with Gasteiger partial charge in [0.2, 0.25) is 0 Å². The van der Waals surface area contributed by atoms with Gasteiger partial charge in [-0.2, -0.15) is 5.10 Å². The quantitative estimate of drug-likeness (QED) is 0.915. The van der Waals surface area contributed by atoms with E-state index in [1.807, 2.05) is 23.0 Å². The first-order valence-corrected chi connectivity index (χ1v) is 6.85. The zero-order chi connectivity index (χ0) is 13.8. The monoisotopic (exact) mass is 273 g/mol. The van der Waals surface area contributed by atoms with Crippen molar-refractivity contribution in [3.8, 4) is 11.4 Å². The fraction of sp³-hybridized carbons (Fsp3) is 0.400. The summed E-state index contributed by atoms with van der Waals surface area (Å²) in [4.78, 5) is 0. The van der Waals surface area contributed by atoms with Crippen molar-refractivity contribution in [3.63, 3.8) is 0 Å². The molecule has 1 N–H and O–H groups in total. The van der Waals surface area contributed by atoms with Crippen molar-refractivity contribution in [3.05, 3.63) is 42.2 Å². The van der Waals surface area contributed by atoms with E-state index in [0.717, 1.165) is 37.6 Å². The largest absolute Gasteiger partial charge is 0.494 e. The third kappa shape index (κ3) is 2.84. The van der Waals surface area contributed by atoms with Gasteiger partial charge >= 0.3 is 0 Å². The number of methoxy groups -OCH3 is 1. The second kappa shape index (κ2) is 6.07. The van der Waals surface area contributed by atoms with Crippen molar-refractivity contribution in [2.24, 2.45) is 0 Å². The van der Waals surface area contributed by atoms with Crippen LogP contribution in [0, 0.1) is 0 Å². The molecule has 0 spiro atoms. The number of benzene rings is 1. The molecule has 2 heterocycles. The van der Waals surface area contributed by atoms with E-state index >= 15 is 0 Å². The summed E-state index contributed by atoms with van der Waals surface area (Å²) in [5.41, 5.74) is 2.21. The fourth-order valence-corrected chi connectivity index (χ4v) is 2.49. The van der Waals surface area contributed by atoms with Crippen LogP contribution in [0.3, 0.4) is 0 Å². The Bertz CT molecular complexity index is 548. The molecule has 0 unspecified atom stereocenters. The van der Waals surface area contributed by atoms with E-state index in [9.17, 15) is 0 Å². The third-order valence-corrected chi connectivity index (χ3v) is 3.48. The molecule has 1 saturated heterocycles. The Morgan fingerprint density at radius 1 is 1.50 bits per heavy atom. The molecule has 1 fully saturated rings. The molecule has 1 aromatic carbocycles. The number of rotatable bonds is 4. The Balaban J connectivity index is 1.83. The predicted octanol–water partition coefficient (Wildman–Crippen LogP) is 1.41. The van der Waals surface area contributed by atoms with Gasteiger partial charge in [0.25, 0.3) is 0 Å². The van der Waals surface area contributed by atoms with Crippen LogP contribution in [-0.4, -0.2) is 42.7 Å². The Morgan fingerprint density at radius 2 is 2.45 bits per heavy atom. The number of ether oxygens (including phenoxy) is 2. The zero-order valence-corrected chi connectivity index (χ0v) is 11.6. The maximum atomic E-state index is 5.50. The highest BCUT2D eigenvalue weighted by molar-refractivity contribution is 5.48. The number of aromatic nitrogens is 2. The van der Waals surface area contributed by atoms with E-state index in [2.05, 4.69) is 22.5 Å². The summed E-state index contributed by atoms with van der Waals surface area (Å²) in [5.74, 6) is 0.824. The lowest BCUT2D eigenvalue weighted by Gasteiger charge is -2.24. The second-order valence-electron chi connectivity index (χ2n) is 4.89. The molecule has 0 radical (unpaired) electrons. The topological polar surface area (TPSA) is 48.3 Å². The minimum Gasteiger partial charge on any atom is -0.494 e. The molecule has 1 aliphatic heterocycles. The van der Waals surface area contributed by atoms with Crippen molar-refractivity contribution in [2.75, 3.05) is 26.9 Å². The Kier molecular flexibility index (Phi) is 3.99. The first kappa shape index (κ1) is 13.1. The van der Waals surface area contributed by atoms with Crippen molar-refractivity contribution >= 4 is 0 Å². The average molecular weight is 273 g/mol. The molecule has 2 aromatic rings. The van der Waals surface area contributed by atoms with E-state index < -0.39 is 0 Å². The highest BCUT2D eigenvalue weighted by atomic mass is 16.5. The molecule has 3 rings (SSSR count). The highest BCUT2D eigenvalue weighted by Crippen LogP contribution is 2.24. The van der Waals surface area contributed by atoms with E-state index in [-0.39, 0.29) is 0 Å². The van der Waals surface area contributed by atoms with Crippen LogP contribution in [0.25, 0.3) is 5.69 Å². The van der Waals surface area contributed by atoms with Gasteiger partial charge < -0.3 is 14.8 Å². The molecular weight excluding hydrogens is 254 g/mol. The summed E-state index contributed by atoms with van der Waals surface area (Å²) in [6.45, 7) is 2.49. The molecule has 5 heteroatoms. The van der Waals surface area contributed by atoms with Crippen molar-refractivity contribution in [2.45, 2.75) is 12.5 Å².